The van der Waals surface area contributed by atoms with Crippen molar-refractivity contribution in [1.29, 1.82) is 0 Å². The van der Waals surface area contributed by atoms with Gasteiger partial charge in [0, 0.05) is 4.90 Å². The lowest BCUT2D eigenvalue weighted by Crippen LogP contribution is -1.80. The predicted octanol–water partition coefficient (Wildman–Crippen LogP) is 4.02. The van der Waals surface area contributed by atoms with Crippen molar-refractivity contribution in [1.82, 2.24) is 0 Å². The molecule has 0 fully saturated rings. The first-order valence-electron chi connectivity index (χ1n) is 3.15. The molecule has 0 radical (unpaired) electrons. The molecular weight excluding hydrogens is 199 g/mol. The van der Waals surface area contributed by atoms with E-state index in [0.717, 1.165) is 5.56 Å². The lowest BCUT2D eigenvalue weighted by atomic mass is 10.2. The summed E-state index contributed by atoms with van der Waals surface area (Å²) in [7, 11) is 0. The summed E-state index contributed by atoms with van der Waals surface area (Å²) in [5.74, 6) is 0. The van der Waals surface area contributed by atoms with Gasteiger partial charge in [-0.05, 0) is 30.9 Å². The zero-order chi connectivity index (χ0) is 8.43. The first-order valence-corrected chi connectivity index (χ1v) is 5.13. The highest BCUT2D eigenvalue weighted by Gasteiger charge is 2.04. The molecule has 0 aliphatic carbocycles. The Hall–Kier alpha value is 0.150. The van der Waals surface area contributed by atoms with Gasteiger partial charge in [-0.25, -0.2) is 0 Å². The molecule has 0 saturated carbocycles. The van der Waals surface area contributed by atoms with Gasteiger partial charge in [0.1, 0.15) is 0 Å². The van der Waals surface area contributed by atoms with E-state index in [4.69, 9.17) is 23.2 Å². The van der Waals surface area contributed by atoms with E-state index < -0.39 is 0 Å². The Labute approximate surface area is 80.9 Å². The fourth-order valence-corrected chi connectivity index (χ4v) is 1.89. The maximum atomic E-state index is 5.92. The molecule has 0 heterocycles. The summed E-state index contributed by atoms with van der Waals surface area (Å²) in [5.41, 5.74) is 1.06. The van der Waals surface area contributed by atoms with Gasteiger partial charge < -0.3 is 0 Å². The zero-order valence-electron chi connectivity index (χ0n) is 6.32. The average Bonchev–Trinajstić information content (AvgIpc) is 2.01. The van der Waals surface area contributed by atoms with E-state index in [1.807, 2.05) is 25.3 Å². The number of rotatable bonds is 1. The Balaban J connectivity index is 3.25. The molecule has 11 heavy (non-hydrogen) atoms. The van der Waals surface area contributed by atoms with Gasteiger partial charge in [0.05, 0.1) is 10.0 Å². The van der Waals surface area contributed by atoms with Crippen molar-refractivity contribution in [3.63, 3.8) is 0 Å². The predicted molar refractivity (Wildman–Crippen MR) is 53.0 cm³/mol. The van der Waals surface area contributed by atoms with Crippen LogP contribution in [0.3, 0.4) is 0 Å². The topological polar surface area (TPSA) is 0 Å². The van der Waals surface area contributed by atoms with Gasteiger partial charge in [-0.15, -0.1) is 11.8 Å². The number of benzene rings is 1. The molecular formula is C8H8Cl2S. The van der Waals surface area contributed by atoms with Gasteiger partial charge in [-0.1, -0.05) is 23.2 Å². The molecule has 0 bridgehead atoms. The second kappa shape index (κ2) is 3.70. The third kappa shape index (κ3) is 1.84. The van der Waals surface area contributed by atoms with E-state index in [1.54, 1.807) is 11.8 Å². The molecule has 1 aromatic rings. The van der Waals surface area contributed by atoms with E-state index >= 15 is 0 Å². The van der Waals surface area contributed by atoms with Crippen molar-refractivity contribution in [3.05, 3.63) is 27.7 Å². The molecule has 1 rings (SSSR count). The Bertz CT molecular complexity index is 271. The van der Waals surface area contributed by atoms with Crippen LogP contribution in [-0.2, 0) is 0 Å². The smallest absolute Gasteiger partial charge is 0.0632 e. The van der Waals surface area contributed by atoms with Crippen LogP contribution in [0.15, 0.2) is 17.0 Å². The second-order valence-electron chi connectivity index (χ2n) is 2.19. The summed E-state index contributed by atoms with van der Waals surface area (Å²) in [5, 5.41) is 1.29. The quantitative estimate of drug-likeness (QED) is 0.626. The van der Waals surface area contributed by atoms with Crippen LogP contribution < -0.4 is 0 Å². The molecule has 0 atom stereocenters. The summed E-state index contributed by atoms with van der Waals surface area (Å²) < 4.78 is 0. The summed E-state index contributed by atoms with van der Waals surface area (Å²) >= 11 is 13.4. The number of hydrogen-bond acceptors (Lipinski definition) is 1. The molecule has 1 aromatic carbocycles. The third-order valence-electron chi connectivity index (χ3n) is 1.51. The van der Waals surface area contributed by atoms with Gasteiger partial charge in [0.25, 0.3) is 0 Å². The lowest BCUT2D eigenvalue weighted by molar-refractivity contribution is 1.31. The number of halogens is 2. The Morgan fingerprint density at radius 1 is 1.27 bits per heavy atom. The van der Waals surface area contributed by atoms with Crippen molar-refractivity contribution >= 4 is 35.0 Å². The van der Waals surface area contributed by atoms with E-state index in [9.17, 15) is 0 Å². The Morgan fingerprint density at radius 2 is 1.91 bits per heavy atom. The molecule has 0 spiro atoms. The van der Waals surface area contributed by atoms with Gasteiger partial charge >= 0.3 is 0 Å². The Kier molecular flexibility index (Phi) is 3.11. The van der Waals surface area contributed by atoms with Gasteiger partial charge in [-0.2, -0.15) is 0 Å². The van der Waals surface area contributed by atoms with Crippen LogP contribution in [-0.4, -0.2) is 6.26 Å². The van der Waals surface area contributed by atoms with Crippen molar-refractivity contribution in [2.45, 2.75) is 11.8 Å². The minimum Gasteiger partial charge on any atom is -0.129 e. The first kappa shape index (κ1) is 9.24. The maximum absolute atomic E-state index is 5.92. The molecule has 0 saturated heterocycles. The van der Waals surface area contributed by atoms with Crippen molar-refractivity contribution in [3.8, 4) is 0 Å². The largest absolute Gasteiger partial charge is 0.129 e. The molecule has 3 heteroatoms. The van der Waals surface area contributed by atoms with Crippen LogP contribution in [0, 0.1) is 6.92 Å². The maximum Gasteiger partial charge on any atom is 0.0632 e. The van der Waals surface area contributed by atoms with Gasteiger partial charge in [0.15, 0.2) is 0 Å². The van der Waals surface area contributed by atoms with Crippen molar-refractivity contribution < 1.29 is 0 Å². The van der Waals surface area contributed by atoms with Crippen molar-refractivity contribution in [2.24, 2.45) is 0 Å². The standard InChI is InChI=1S/C8H8Cl2S/c1-5-7(11-2)4-3-6(9)8(5)10/h3-4H,1-2H3. The molecule has 0 nitrogen and oxygen atoms in total. The van der Waals surface area contributed by atoms with E-state index in [2.05, 4.69) is 0 Å². The molecule has 60 valence electrons. The monoisotopic (exact) mass is 206 g/mol. The minimum absolute atomic E-state index is 0.627. The molecule has 0 amide bonds. The van der Waals surface area contributed by atoms with Crippen LogP contribution in [0.25, 0.3) is 0 Å². The highest BCUT2D eigenvalue weighted by molar-refractivity contribution is 7.98. The van der Waals surface area contributed by atoms with Crippen LogP contribution >= 0.6 is 35.0 Å². The SMILES string of the molecule is CSc1ccc(Cl)c(Cl)c1C. The molecule has 0 aliphatic heterocycles. The van der Waals surface area contributed by atoms with E-state index in [-0.39, 0.29) is 0 Å². The Morgan fingerprint density at radius 3 is 2.45 bits per heavy atom. The summed E-state index contributed by atoms with van der Waals surface area (Å²) in [4.78, 5) is 1.18. The molecule has 0 unspecified atom stereocenters. The third-order valence-corrected chi connectivity index (χ3v) is 3.29. The normalized spacial score (nSPS) is 10.2. The van der Waals surface area contributed by atoms with E-state index in [0.29, 0.717) is 10.0 Å². The molecule has 0 N–H and O–H groups in total. The van der Waals surface area contributed by atoms with E-state index in [1.165, 1.54) is 4.90 Å². The minimum atomic E-state index is 0.627. The lowest BCUT2D eigenvalue weighted by Gasteiger charge is -2.04. The van der Waals surface area contributed by atoms with Crippen LogP contribution in [0.2, 0.25) is 10.0 Å². The summed E-state index contributed by atoms with van der Waals surface area (Å²) in [6.45, 7) is 1.97. The average molecular weight is 207 g/mol. The molecule has 0 aliphatic rings. The second-order valence-corrected chi connectivity index (χ2v) is 3.82. The number of thioether (sulfide) groups is 1. The summed E-state index contributed by atoms with van der Waals surface area (Å²) in [6, 6.07) is 3.80. The van der Waals surface area contributed by atoms with Crippen LogP contribution in [0.1, 0.15) is 5.56 Å². The first-order chi connectivity index (χ1) is 5.16. The van der Waals surface area contributed by atoms with Gasteiger partial charge in [0.2, 0.25) is 0 Å². The zero-order valence-corrected chi connectivity index (χ0v) is 8.65. The van der Waals surface area contributed by atoms with Gasteiger partial charge in [-0.3, -0.25) is 0 Å². The van der Waals surface area contributed by atoms with Crippen LogP contribution in [0.5, 0.6) is 0 Å². The highest BCUT2D eigenvalue weighted by atomic mass is 35.5. The highest BCUT2D eigenvalue weighted by Crippen LogP contribution is 2.31. The van der Waals surface area contributed by atoms with Crippen molar-refractivity contribution in [2.75, 3.05) is 6.26 Å². The fourth-order valence-electron chi connectivity index (χ4n) is 0.855. The fraction of sp³-hybridized carbons (Fsp3) is 0.250. The number of hydrogen-bond donors (Lipinski definition) is 0. The summed E-state index contributed by atoms with van der Waals surface area (Å²) in [6.07, 6.45) is 2.02. The molecule has 0 aromatic heterocycles. The van der Waals surface area contributed by atoms with Crippen LogP contribution in [0.4, 0.5) is 0 Å².